The lowest BCUT2D eigenvalue weighted by Crippen LogP contribution is -2.38. The van der Waals surface area contributed by atoms with Gasteiger partial charge in [-0.05, 0) is 32.8 Å². The smallest absolute Gasteiger partial charge is 0.0390 e. The van der Waals surface area contributed by atoms with E-state index in [1.165, 1.54) is 18.3 Å². The fourth-order valence-electron chi connectivity index (χ4n) is 4.05. The lowest BCUT2D eigenvalue weighted by Gasteiger charge is -2.48. The summed E-state index contributed by atoms with van der Waals surface area (Å²) in [6.07, 6.45) is 2.36. The zero-order valence-electron chi connectivity index (χ0n) is 20.1. The number of benzene rings is 1. The van der Waals surface area contributed by atoms with Gasteiger partial charge in [0.05, 0.1) is 0 Å². The molecule has 0 heterocycles. The Balaban J connectivity index is 3.33. The van der Waals surface area contributed by atoms with Crippen molar-refractivity contribution in [2.75, 3.05) is 17.5 Å². The van der Waals surface area contributed by atoms with Gasteiger partial charge in [-0.1, -0.05) is 117 Å². The topological polar surface area (TPSA) is 3.24 Å². The molecular weight excluding hydrogens is 364 g/mol. The van der Waals surface area contributed by atoms with Gasteiger partial charge in [0.25, 0.3) is 0 Å². The predicted molar refractivity (Wildman–Crippen MR) is 132 cm³/mol. The van der Waals surface area contributed by atoms with E-state index in [-0.39, 0.29) is 15.8 Å². The second kappa shape index (κ2) is 8.71. The highest BCUT2D eigenvalue weighted by atomic mass is 31.1. The molecule has 0 atom stereocenters. The number of rotatable bonds is 5. The Labute approximate surface area is 173 Å². The summed E-state index contributed by atoms with van der Waals surface area (Å²) >= 11 is 0. The minimum atomic E-state index is -0.172. The first-order valence-electron chi connectivity index (χ1n) is 10.3. The predicted octanol–water partition coefficient (Wildman–Crippen LogP) is 8.57. The molecule has 0 amide bonds. The van der Waals surface area contributed by atoms with Gasteiger partial charge in [-0.15, -0.1) is 0 Å². The van der Waals surface area contributed by atoms with Gasteiger partial charge < -0.3 is 4.90 Å². The fourth-order valence-corrected chi connectivity index (χ4v) is 11.1. The Morgan fingerprint density at radius 3 is 1.11 bits per heavy atom. The van der Waals surface area contributed by atoms with Crippen molar-refractivity contribution in [3.63, 3.8) is 0 Å². The minimum absolute atomic E-state index is 0.172. The van der Waals surface area contributed by atoms with E-state index in [2.05, 4.69) is 118 Å². The third kappa shape index (κ3) is 7.66. The van der Waals surface area contributed by atoms with Gasteiger partial charge in [-0.25, -0.2) is 0 Å². The molecule has 0 aliphatic carbocycles. The summed E-state index contributed by atoms with van der Waals surface area (Å²) in [7, 11) is -0.344. The van der Waals surface area contributed by atoms with Crippen LogP contribution in [-0.4, -0.2) is 33.2 Å². The molecule has 0 saturated carbocycles. The van der Waals surface area contributed by atoms with Gasteiger partial charge in [-0.2, -0.15) is 0 Å². The SMILES string of the molecule is CC(C)(C)P(CN(CP(C(C)(C)C)C(C)(C)C)c1ccccc1)C(C)(C)C. The Morgan fingerprint density at radius 1 is 0.556 bits per heavy atom. The van der Waals surface area contributed by atoms with E-state index in [0.717, 1.165) is 0 Å². The maximum atomic E-state index is 2.73. The molecule has 0 spiro atoms. The summed E-state index contributed by atoms with van der Waals surface area (Å²) in [5.41, 5.74) is 1.39. The second-order valence-electron chi connectivity index (χ2n) is 11.7. The van der Waals surface area contributed by atoms with Crippen LogP contribution in [0.25, 0.3) is 0 Å². The summed E-state index contributed by atoms with van der Waals surface area (Å²) < 4.78 is 0. The van der Waals surface area contributed by atoms with Gasteiger partial charge in [-0.3, -0.25) is 0 Å². The molecular formula is C24H45NP2. The monoisotopic (exact) mass is 409 g/mol. The van der Waals surface area contributed by atoms with Crippen LogP contribution in [0.4, 0.5) is 5.69 Å². The summed E-state index contributed by atoms with van der Waals surface area (Å²) in [5.74, 6) is 0. The highest BCUT2D eigenvalue weighted by Crippen LogP contribution is 2.63. The normalized spacial score (nSPS) is 14.1. The molecule has 0 bridgehead atoms. The molecule has 0 unspecified atom stereocenters. The fraction of sp³-hybridized carbons (Fsp3) is 0.750. The third-order valence-corrected chi connectivity index (χ3v) is 12.7. The van der Waals surface area contributed by atoms with Crippen LogP contribution in [0.5, 0.6) is 0 Å². The van der Waals surface area contributed by atoms with E-state index in [4.69, 9.17) is 0 Å². The van der Waals surface area contributed by atoms with E-state index in [9.17, 15) is 0 Å². The van der Waals surface area contributed by atoms with Crippen LogP contribution in [0.15, 0.2) is 30.3 Å². The maximum absolute atomic E-state index is 2.73. The molecule has 1 aromatic rings. The van der Waals surface area contributed by atoms with Gasteiger partial charge in [0.2, 0.25) is 0 Å². The molecule has 0 aliphatic heterocycles. The molecule has 1 aromatic carbocycles. The van der Waals surface area contributed by atoms with Crippen molar-refractivity contribution < 1.29 is 0 Å². The van der Waals surface area contributed by atoms with Crippen LogP contribution in [0.2, 0.25) is 0 Å². The molecule has 0 radical (unpaired) electrons. The molecule has 156 valence electrons. The van der Waals surface area contributed by atoms with Gasteiger partial charge in [0, 0.05) is 18.3 Å². The number of anilines is 1. The molecule has 0 aromatic heterocycles. The zero-order chi connectivity index (χ0) is 21.3. The average molecular weight is 410 g/mol. The molecule has 27 heavy (non-hydrogen) atoms. The summed E-state index contributed by atoms with van der Waals surface area (Å²) in [6.45, 7) is 29.2. The van der Waals surface area contributed by atoms with E-state index < -0.39 is 0 Å². The van der Waals surface area contributed by atoms with Crippen LogP contribution in [0.1, 0.15) is 83.1 Å². The first-order chi connectivity index (χ1) is 11.9. The van der Waals surface area contributed by atoms with Crippen LogP contribution in [0, 0.1) is 0 Å². The summed E-state index contributed by atoms with van der Waals surface area (Å²) in [4.78, 5) is 2.73. The van der Waals surface area contributed by atoms with Crippen LogP contribution < -0.4 is 4.90 Å². The summed E-state index contributed by atoms with van der Waals surface area (Å²) in [5, 5.41) is 1.36. The van der Waals surface area contributed by atoms with Crippen LogP contribution >= 0.6 is 15.8 Å². The van der Waals surface area contributed by atoms with Crippen molar-refractivity contribution in [3.8, 4) is 0 Å². The maximum Gasteiger partial charge on any atom is 0.0390 e. The molecule has 1 rings (SSSR count). The second-order valence-corrected chi connectivity index (χ2v) is 19.3. The lowest BCUT2D eigenvalue weighted by atomic mass is 10.2. The number of hydrogen-bond donors (Lipinski definition) is 0. The van der Waals surface area contributed by atoms with E-state index in [1.54, 1.807) is 0 Å². The molecule has 0 saturated heterocycles. The average Bonchev–Trinajstić information content (AvgIpc) is 2.42. The van der Waals surface area contributed by atoms with Gasteiger partial charge >= 0.3 is 0 Å². The molecule has 3 heteroatoms. The van der Waals surface area contributed by atoms with Crippen molar-refractivity contribution in [2.24, 2.45) is 0 Å². The quantitative estimate of drug-likeness (QED) is 0.440. The van der Waals surface area contributed by atoms with E-state index in [1.807, 2.05) is 0 Å². The van der Waals surface area contributed by atoms with Crippen molar-refractivity contribution in [2.45, 2.75) is 104 Å². The molecule has 0 fully saturated rings. The van der Waals surface area contributed by atoms with Crippen molar-refractivity contribution in [1.82, 2.24) is 0 Å². The first-order valence-corrected chi connectivity index (χ1v) is 13.3. The third-order valence-electron chi connectivity index (χ3n) is 4.98. The highest BCUT2D eigenvalue weighted by molar-refractivity contribution is 7.62. The van der Waals surface area contributed by atoms with Crippen LogP contribution in [-0.2, 0) is 0 Å². The van der Waals surface area contributed by atoms with E-state index >= 15 is 0 Å². The molecule has 0 N–H and O–H groups in total. The first kappa shape index (κ1) is 24.9. The minimum Gasteiger partial charge on any atom is -0.363 e. The van der Waals surface area contributed by atoms with Crippen molar-refractivity contribution >= 4 is 21.5 Å². The highest BCUT2D eigenvalue weighted by Gasteiger charge is 2.39. The molecule has 0 aliphatic rings. The standard InChI is InChI=1S/C24H45NP2/c1-21(2,3)26(22(4,5)6)18-25(20-16-14-13-15-17-20)19-27(23(7,8)9)24(10,11)12/h13-17H,18-19H2,1-12H3. The Morgan fingerprint density at radius 2 is 0.852 bits per heavy atom. The largest absolute Gasteiger partial charge is 0.363 e. The number of hydrogen-bond acceptors (Lipinski definition) is 1. The number of para-hydroxylation sites is 1. The lowest BCUT2D eigenvalue weighted by molar-refractivity contribution is 0.692. The van der Waals surface area contributed by atoms with Gasteiger partial charge in [0.1, 0.15) is 0 Å². The Hall–Kier alpha value is -0.120. The molecule has 1 nitrogen and oxygen atoms in total. The number of nitrogens with zero attached hydrogens (tertiary/aromatic N) is 1. The van der Waals surface area contributed by atoms with Crippen molar-refractivity contribution in [3.05, 3.63) is 30.3 Å². The zero-order valence-corrected chi connectivity index (χ0v) is 21.9. The van der Waals surface area contributed by atoms with Crippen LogP contribution in [0.3, 0.4) is 0 Å². The van der Waals surface area contributed by atoms with Crippen molar-refractivity contribution in [1.29, 1.82) is 0 Å². The van der Waals surface area contributed by atoms with E-state index in [0.29, 0.717) is 20.6 Å². The summed E-state index contributed by atoms with van der Waals surface area (Å²) in [6, 6.07) is 11.1. The van der Waals surface area contributed by atoms with Gasteiger partial charge in [0.15, 0.2) is 0 Å². The Kier molecular flexibility index (Phi) is 8.04. The Bertz CT molecular complexity index is 506.